The van der Waals surface area contributed by atoms with Crippen LogP contribution in [0.2, 0.25) is 10.0 Å². The Morgan fingerprint density at radius 2 is 2.12 bits per heavy atom. The number of amides is 1. The van der Waals surface area contributed by atoms with Gasteiger partial charge < -0.3 is 15.2 Å². The molecule has 1 heterocycles. The molecule has 2 N–H and O–H groups in total. The summed E-state index contributed by atoms with van der Waals surface area (Å²) < 4.78 is 5.51. The SMILES string of the molecule is C=CCN1CCC2(c3cccc(OC)c3)C[C@H](NC(=O)Cc3ccc(Cl)c(Cl)c3)CC(O)C2C1. The maximum Gasteiger partial charge on any atom is 0.224 e. The summed E-state index contributed by atoms with van der Waals surface area (Å²) in [4.78, 5) is 15.3. The van der Waals surface area contributed by atoms with E-state index in [0.717, 1.165) is 49.4 Å². The third-order valence-electron chi connectivity index (χ3n) is 7.39. The Labute approximate surface area is 211 Å². The van der Waals surface area contributed by atoms with Crippen LogP contribution < -0.4 is 10.1 Å². The number of nitrogens with zero attached hydrogens (tertiary/aromatic N) is 1. The van der Waals surface area contributed by atoms with Gasteiger partial charge in [0.1, 0.15) is 5.75 Å². The minimum Gasteiger partial charge on any atom is -0.497 e. The van der Waals surface area contributed by atoms with Crippen molar-refractivity contribution in [3.05, 3.63) is 76.3 Å². The first-order chi connectivity index (χ1) is 16.3. The van der Waals surface area contributed by atoms with E-state index in [1.54, 1.807) is 19.2 Å². The summed E-state index contributed by atoms with van der Waals surface area (Å²) in [7, 11) is 1.67. The number of carbonyl (C=O) groups excluding carboxylic acids is 1. The smallest absolute Gasteiger partial charge is 0.224 e. The van der Waals surface area contributed by atoms with Crippen molar-refractivity contribution in [1.82, 2.24) is 10.2 Å². The number of carbonyl (C=O) groups is 1. The van der Waals surface area contributed by atoms with E-state index < -0.39 is 6.10 Å². The highest BCUT2D eigenvalue weighted by Crippen LogP contribution is 2.49. The quantitative estimate of drug-likeness (QED) is 0.541. The maximum atomic E-state index is 12.9. The van der Waals surface area contributed by atoms with Gasteiger partial charge in [-0.15, -0.1) is 6.58 Å². The number of aliphatic hydroxyl groups excluding tert-OH is 1. The Kier molecular flexibility index (Phi) is 7.88. The second-order valence-electron chi connectivity index (χ2n) is 9.49. The molecule has 0 radical (unpaired) electrons. The average molecular weight is 503 g/mol. The highest BCUT2D eigenvalue weighted by molar-refractivity contribution is 6.42. The van der Waals surface area contributed by atoms with E-state index in [0.29, 0.717) is 16.5 Å². The van der Waals surface area contributed by atoms with Crippen molar-refractivity contribution >= 4 is 29.1 Å². The predicted octanol–water partition coefficient (Wildman–Crippen LogP) is 4.63. The first-order valence-electron chi connectivity index (χ1n) is 11.7. The fraction of sp³-hybridized carbons (Fsp3) is 0.444. The zero-order valence-corrected chi connectivity index (χ0v) is 21.0. The molecule has 1 amide bonds. The van der Waals surface area contributed by atoms with Crippen LogP contribution in [0.3, 0.4) is 0 Å². The molecule has 34 heavy (non-hydrogen) atoms. The van der Waals surface area contributed by atoms with Crippen molar-refractivity contribution in [2.45, 2.75) is 43.2 Å². The van der Waals surface area contributed by atoms with E-state index in [2.05, 4.69) is 28.9 Å². The molecule has 2 aromatic carbocycles. The van der Waals surface area contributed by atoms with Crippen LogP contribution in [0.4, 0.5) is 0 Å². The highest BCUT2D eigenvalue weighted by atomic mass is 35.5. The van der Waals surface area contributed by atoms with Crippen molar-refractivity contribution in [2.24, 2.45) is 5.92 Å². The summed E-state index contributed by atoms with van der Waals surface area (Å²) in [5, 5.41) is 15.4. The lowest BCUT2D eigenvalue weighted by Crippen LogP contribution is -2.61. The third-order valence-corrected chi connectivity index (χ3v) is 8.12. The summed E-state index contributed by atoms with van der Waals surface area (Å²) >= 11 is 12.1. The molecule has 7 heteroatoms. The second kappa shape index (κ2) is 10.7. The molecule has 1 saturated heterocycles. The van der Waals surface area contributed by atoms with Gasteiger partial charge >= 0.3 is 0 Å². The topological polar surface area (TPSA) is 61.8 Å². The number of hydrogen-bond donors (Lipinski definition) is 2. The molecule has 0 spiro atoms. The summed E-state index contributed by atoms with van der Waals surface area (Å²) in [5.74, 6) is 0.787. The monoisotopic (exact) mass is 502 g/mol. The van der Waals surface area contributed by atoms with Crippen LogP contribution in [0.15, 0.2) is 55.1 Å². The number of rotatable bonds is 7. The molecular formula is C27H32Cl2N2O3. The van der Waals surface area contributed by atoms with Crippen molar-refractivity contribution < 1.29 is 14.6 Å². The minimum atomic E-state index is -0.525. The normalized spacial score (nSPS) is 27.0. The lowest BCUT2D eigenvalue weighted by atomic mass is 9.57. The number of hydrogen-bond acceptors (Lipinski definition) is 4. The maximum absolute atomic E-state index is 12.9. The zero-order valence-electron chi connectivity index (χ0n) is 19.5. The van der Waals surface area contributed by atoms with Crippen LogP contribution in [-0.4, -0.2) is 54.8 Å². The Balaban J connectivity index is 1.56. The number of halogens is 2. The van der Waals surface area contributed by atoms with E-state index in [1.165, 1.54) is 0 Å². The first kappa shape index (κ1) is 25.1. The van der Waals surface area contributed by atoms with Crippen molar-refractivity contribution in [3.8, 4) is 5.75 Å². The Hall–Kier alpha value is -2.05. The Morgan fingerprint density at radius 1 is 1.29 bits per heavy atom. The van der Waals surface area contributed by atoms with Crippen molar-refractivity contribution in [1.29, 1.82) is 0 Å². The van der Waals surface area contributed by atoms with Gasteiger partial charge in [-0.05, 0) is 61.2 Å². The van der Waals surface area contributed by atoms with Crippen LogP contribution in [0, 0.1) is 5.92 Å². The lowest BCUT2D eigenvalue weighted by molar-refractivity contribution is -0.122. The number of nitrogens with one attached hydrogen (secondary N) is 1. The van der Waals surface area contributed by atoms with Gasteiger partial charge in [0.15, 0.2) is 0 Å². The van der Waals surface area contributed by atoms with Gasteiger partial charge in [0, 0.05) is 30.5 Å². The second-order valence-corrected chi connectivity index (χ2v) is 10.3. The van der Waals surface area contributed by atoms with Gasteiger partial charge in [-0.1, -0.05) is 47.5 Å². The minimum absolute atomic E-state index is 0.0662. The highest BCUT2D eigenvalue weighted by Gasteiger charge is 2.52. The fourth-order valence-electron chi connectivity index (χ4n) is 5.79. The molecule has 1 aliphatic carbocycles. The van der Waals surface area contributed by atoms with Gasteiger partial charge in [0.2, 0.25) is 5.91 Å². The molecular weight excluding hydrogens is 471 g/mol. The Bertz CT molecular complexity index is 1050. The summed E-state index contributed by atoms with van der Waals surface area (Å²) in [6.45, 7) is 6.40. The van der Waals surface area contributed by atoms with Crippen LogP contribution in [0.1, 0.15) is 30.4 Å². The van der Waals surface area contributed by atoms with Gasteiger partial charge in [-0.25, -0.2) is 0 Å². The van der Waals surface area contributed by atoms with Gasteiger partial charge in [0.25, 0.3) is 0 Å². The summed E-state index contributed by atoms with van der Waals surface area (Å²) in [6, 6.07) is 13.3. The van der Waals surface area contributed by atoms with Gasteiger partial charge in [-0.3, -0.25) is 9.69 Å². The largest absolute Gasteiger partial charge is 0.497 e. The molecule has 182 valence electrons. The number of likely N-dealkylation sites (tertiary alicyclic amines) is 1. The van der Waals surface area contributed by atoms with Crippen LogP contribution in [0.5, 0.6) is 5.75 Å². The average Bonchev–Trinajstić information content (AvgIpc) is 2.82. The fourth-order valence-corrected chi connectivity index (χ4v) is 6.11. The number of aliphatic hydroxyl groups is 1. The number of fused-ring (bicyclic) bond motifs is 1. The number of methoxy groups -OCH3 is 1. The molecule has 5 nitrogen and oxygen atoms in total. The zero-order chi connectivity index (χ0) is 24.3. The first-order valence-corrected chi connectivity index (χ1v) is 12.5. The lowest BCUT2D eigenvalue weighted by Gasteiger charge is -2.54. The number of ether oxygens (including phenoxy) is 1. The Morgan fingerprint density at radius 3 is 2.85 bits per heavy atom. The molecule has 1 aliphatic heterocycles. The van der Waals surface area contributed by atoms with Crippen molar-refractivity contribution in [2.75, 3.05) is 26.7 Å². The molecule has 2 aliphatic rings. The standard InChI is InChI=1S/C27H32Cl2N2O3/c1-3-10-31-11-9-27(19-5-4-6-21(14-19)34-2)16-20(15-25(32)22(27)17-31)30-26(33)13-18-7-8-23(28)24(29)12-18/h3-8,12,14,20,22,25,32H,1,9-11,13,15-17H2,2H3,(H,30,33)/t20-,22?,25?,27?/m1/s1. The molecule has 2 aromatic rings. The predicted molar refractivity (Wildman–Crippen MR) is 137 cm³/mol. The van der Waals surface area contributed by atoms with Gasteiger partial charge in [0.05, 0.1) is 29.7 Å². The van der Waals surface area contributed by atoms with Crippen LogP contribution >= 0.6 is 23.2 Å². The molecule has 2 fully saturated rings. The van der Waals surface area contributed by atoms with E-state index in [4.69, 9.17) is 27.9 Å². The number of benzene rings is 2. The molecule has 4 rings (SSSR count). The molecule has 1 saturated carbocycles. The van der Waals surface area contributed by atoms with Crippen LogP contribution in [0.25, 0.3) is 0 Å². The van der Waals surface area contributed by atoms with E-state index in [9.17, 15) is 9.90 Å². The molecule has 3 unspecified atom stereocenters. The van der Waals surface area contributed by atoms with Gasteiger partial charge in [-0.2, -0.15) is 0 Å². The van der Waals surface area contributed by atoms with E-state index in [-0.39, 0.29) is 29.7 Å². The summed E-state index contributed by atoms with van der Waals surface area (Å²) in [5.41, 5.74) is 1.73. The molecule has 0 aromatic heterocycles. The third kappa shape index (κ3) is 5.28. The number of piperidine rings is 1. The van der Waals surface area contributed by atoms with E-state index >= 15 is 0 Å². The van der Waals surface area contributed by atoms with Crippen LogP contribution in [-0.2, 0) is 16.6 Å². The molecule has 4 atom stereocenters. The van der Waals surface area contributed by atoms with E-state index in [1.807, 2.05) is 24.3 Å². The molecule has 0 bridgehead atoms. The summed E-state index contributed by atoms with van der Waals surface area (Å²) in [6.07, 6.45) is 3.81. The van der Waals surface area contributed by atoms with Crippen molar-refractivity contribution in [3.63, 3.8) is 0 Å².